The predicted molar refractivity (Wildman–Crippen MR) is 85.1 cm³/mol. The van der Waals surface area contributed by atoms with Gasteiger partial charge in [0.1, 0.15) is 0 Å². The van der Waals surface area contributed by atoms with E-state index in [1.165, 1.54) is 11.1 Å². The van der Waals surface area contributed by atoms with E-state index < -0.39 is 6.08 Å². The van der Waals surface area contributed by atoms with E-state index in [0.717, 1.165) is 31.8 Å². The van der Waals surface area contributed by atoms with Crippen LogP contribution in [0.3, 0.4) is 0 Å². The summed E-state index contributed by atoms with van der Waals surface area (Å²) >= 11 is 0. The Hall–Kier alpha value is -1.70. The van der Waals surface area contributed by atoms with Gasteiger partial charge in [0.05, 0.1) is 0 Å². The minimum atomic E-state index is -1.57. The van der Waals surface area contributed by atoms with Crippen molar-refractivity contribution >= 4 is 5.57 Å². The summed E-state index contributed by atoms with van der Waals surface area (Å²) in [6.45, 7) is 2.14. The van der Waals surface area contributed by atoms with Crippen molar-refractivity contribution in [3.63, 3.8) is 0 Å². The molecule has 0 radical (unpaired) electrons. The predicted octanol–water partition coefficient (Wildman–Crippen LogP) is 6.38. The molecular formula is C19H22F2. The maximum absolute atomic E-state index is 12.4. The summed E-state index contributed by atoms with van der Waals surface area (Å²) < 4.78 is 24.9. The van der Waals surface area contributed by atoms with E-state index in [9.17, 15) is 8.78 Å². The summed E-state index contributed by atoms with van der Waals surface area (Å²) in [7, 11) is 0. The fourth-order valence-electron chi connectivity index (χ4n) is 2.81. The molecule has 0 saturated carbocycles. The lowest BCUT2D eigenvalue weighted by Gasteiger charge is -2.31. The van der Waals surface area contributed by atoms with Crippen molar-refractivity contribution in [3.8, 4) is 0 Å². The Labute approximate surface area is 125 Å². The number of allylic oxidation sites excluding steroid dienone is 5. The molecule has 1 aliphatic carbocycles. The Morgan fingerprint density at radius 1 is 1.24 bits per heavy atom. The lowest BCUT2D eigenvalue weighted by Crippen LogP contribution is -2.18. The van der Waals surface area contributed by atoms with Crippen molar-refractivity contribution in [2.45, 2.75) is 39.0 Å². The maximum Gasteiger partial charge on any atom is 0.266 e. The first-order valence-electron chi connectivity index (χ1n) is 7.61. The van der Waals surface area contributed by atoms with Crippen molar-refractivity contribution in [3.05, 3.63) is 66.3 Å². The standard InChI is InChI=1S/C19H22F2/c1-2-3-12-19(15-11-18(20)21)13-9-17(10-14-19)16-7-5-4-6-8-16/h4-11,13H,2-3,12,14-15H2,1H3. The molecule has 1 unspecified atom stereocenters. The van der Waals surface area contributed by atoms with Crippen molar-refractivity contribution in [1.82, 2.24) is 0 Å². The topological polar surface area (TPSA) is 0 Å². The molecule has 2 heteroatoms. The molecule has 0 fully saturated rings. The lowest BCUT2D eigenvalue weighted by molar-refractivity contribution is 0.332. The zero-order chi connectivity index (χ0) is 15.1. The minimum absolute atomic E-state index is 0.141. The Bertz CT molecular complexity index is 536. The van der Waals surface area contributed by atoms with Crippen LogP contribution in [0.15, 0.2) is 60.7 Å². The molecule has 0 N–H and O–H groups in total. The van der Waals surface area contributed by atoms with Gasteiger partial charge < -0.3 is 0 Å². The molecule has 112 valence electrons. The molecule has 1 atom stereocenters. The molecule has 0 aliphatic heterocycles. The van der Waals surface area contributed by atoms with Gasteiger partial charge in [0, 0.05) is 0 Å². The van der Waals surface area contributed by atoms with E-state index in [1.54, 1.807) is 0 Å². The van der Waals surface area contributed by atoms with Crippen LogP contribution in [0, 0.1) is 5.41 Å². The zero-order valence-corrected chi connectivity index (χ0v) is 12.5. The highest BCUT2D eigenvalue weighted by Gasteiger charge is 2.27. The van der Waals surface area contributed by atoms with Crippen LogP contribution >= 0.6 is 0 Å². The van der Waals surface area contributed by atoms with Crippen molar-refractivity contribution in [2.75, 3.05) is 0 Å². The van der Waals surface area contributed by atoms with Crippen LogP contribution in [0.1, 0.15) is 44.6 Å². The maximum atomic E-state index is 12.4. The van der Waals surface area contributed by atoms with Gasteiger partial charge in [-0.1, -0.05) is 68.3 Å². The average Bonchev–Trinajstić information content (AvgIpc) is 2.53. The number of hydrogen-bond donors (Lipinski definition) is 0. The van der Waals surface area contributed by atoms with Crippen molar-refractivity contribution < 1.29 is 8.78 Å². The molecule has 21 heavy (non-hydrogen) atoms. The third-order valence-electron chi connectivity index (χ3n) is 4.14. The molecule has 0 saturated heterocycles. The van der Waals surface area contributed by atoms with Crippen LogP contribution in [0.4, 0.5) is 8.78 Å². The molecule has 1 aliphatic rings. The molecule has 2 rings (SSSR count). The number of rotatable bonds is 6. The monoisotopic (exact) mass is 288 g/mol. The van der Waals surface area contributed by atoms with Gasteiger partial charge in [-0.15, -0.1) is 0 Å². The van der Waals surface area contributed by atoms with Gasteiger partial charge in [0.2, 0.25) is 0 Å². The average molecular weight is 288 g/mol. The smallest absolute Gasteiger partial charge is 0.174 e. The van der Waals surface area contributed by atoms with Crippen molar-refractivity contribution in [2.24, 2.45) is 5.41 Å². The summed E-state index contributed by atoms with van der Waals surface area (Å²) in [6, 6.07) is 10.2. The zero-order valence-electron chi connectivity index (χ0n) is 12.5. The lowest BCUT2D eigenvalue weighted by atomic mass is 9.73. The number of hydrogen-bond acceptors (Lipinski definition) is 0. The second kappa shape index (κ2) is 7.35. The van der Waals surface area contributed by atoms with Crippen LogP contribution in [0.25, 0.3) is 5.57 Å². The first-order chi connectivity index (χ1) is 10.2. The first kappa shape index (κ1) is 15.7. The summed E-state index contributed by atoms with van der Waals surface area (Å²) in [5.74, 6) is 0. The fraction of sp³-hybridized carbons (Fsp3) is 0.368. The van der Waals surface area contributed by atoms with Gasteiger partial charge in [0.15, 0.2) is 0 Å². The largest absolute Gasteiger partial charge is 0.266 e. The highest BCUT2D eigenvalue weighted by atomic mass is 19.3. The van der Waals surface area contributed by atoms with E-state index >= 15 is 0 Å². The first-order valence-corrected chi connectivity index (χ1v) is 7.61. The minimum Gasteiger partial charge on any atom is -0.174 e. The molecule has 0 spiro atoms. The van der Waals surface area contributed by atoms with E-state index in [4.69, 9.17) is 0 Å². The molecule has 0 nitrogen and oxygen atoms in total. The summed E-state index contributed by atoms with van der Waals surface area (Å²) in [5.41, 5.74) is 2.23. The SMILES string of the molecule is CCCCC1(CC=C(F)F)C=CC(c2ccccc2)=CC1. The van der Waals surface area contributed by atoms with E-state index in [-0.39, 0.29) is 5.41 Å². The van der Waals surface area contributed by atoms with E-state index in [1.807, 2.05) is 18.2 Å². The molecule has 1 aromatic carbocycles. The Kier molecular flexibility index (Phi) is 5.49. The third-order valence-corrected chi connectivity index (χ3v) is 4.14. The van der Waals surface area contributed by atoms with Crippen LogP contribution in [0.2, 0.25) is 0 Å². The normalized spacial score (nSPS) is 21.0. The van der Waals surface area contributed by atoms with Gasteiger partial charge >= 0.3 is 0 Å². The second-order valence-electron chi connectivity index (χ2n) is 5.73. The molecule has 0 bridgehead atoms. The second-order valence-corrected chi connectivity index (χ2v) is 5.73. The Morgan fingerprint density at radius 3 is 2.57 bits per heavy atom. The Balaban J connectivity index is 2.14. The molecular weight excluding hydrogens is 266 g/mol. The number of benzene rings is 1. The molecule has 0 aromatic heterocycles. The van der Waals surface area contributed by atoms with Gasteiger partial charge in [-0.3, -0.25) is 0 Å². The van der Waals surface area contributed by atoms with Gasteiger partial charge in [-0.25, -0.2) is 0 Å². The van der Waals surface area contributed by atoms with Crippen LogP contribution < -0.4 is 0 Å². The van der Waals surface area contributed by atoms with E-state index in [2.05, 4.69) is 37.3 Å². The van der Waals surface area contributed by atoms with Crippen LogP contribution in [-0.2, 0) is 0 Å². The fourth-order valence-corrected chi connectivity index (χ4v) is 2.81. The number of halogens is 2. The summed E-state index contributed by atoms with van der Waals surface area (Å²) in [4.78, 5) is 0. The van der Waals surface area contributed by atoms with Crippen LogP contribution in [0.5, 0.6) is 0 Å². The molecule has 1 aromatic rings. The van der Waals surface area contributed by atoms with Gasteiger partial charge in [-0.2, -0.15) is 8.78 Å². The highest BCUT2D eigenvalue weighted by molar-refractivity contribution is 5.75. The summed E-state index contributed by atoms with van der Waals surface area (Å²) in [6.07, 6.45) is 10.3. The number of unbranched alkanes of at least 4 members (excludes halogenated alkanes) is 1. The van der Waals surface area contributed by atoms with Gasteiger partial charge in [-0.05, 0) is 41.9 Å². The van der Waals surface area contributed by atoms with Gasteiger partial charge in [0.25, 0.3) is 6.08 Å². The van der Waals surface area contributed by atoms with Crippen LogP contribution in [-0.4, -0.2) is 0 Å². The molecule has 0 amide bonds. The van der Waals surface area contributed by atoms with Crippen molar-refractivity contribution in [1.29, 1.82) is 0 Å². The summed E-state index contributed by atoms with van der Waals surface area (Å²) in [5, 5.41) is 0. The molecule has 0 heterocycles. The third kappa shape index (κ3) is 4.38. The Morgan fingerprint density at radius 2 is 2.00 bits per heavy atom. The van der Waals surface area contributed by atoms with E-state index in [0.29, 0.717) is 6.42 Å². The quantitative estimate of drug-likeness (QED) is 0.570. The highest BCUT2D eigenvalue weighted by Crippen LogP contribution is 2.40.